The summed E-state index contributed by atoms with van der Waals surface area (Å²) in [7, 11) is 0. The molecule has 0 aromatic heterocycles. The largest absolute Gasteiger partial charge is 0.491 e. The van der Waals surface area contributed by atoms with Crippen molar-refractivity contribution in [1.29, 1.82) is 0 Å². The fraction of sp³-hybridized carbons (Fsp3) is 0.192. The number of ether oxygens (including phenoxy) is 4. The SMILES string of the molecule is Fc1c(F)c(F)c(C(F)(F)F)c([B-](c2c(F)c(F)c(F)c(F)c2C(F)(F)F)(c2c(F)c(F)c(F)c(F)c2C(F)(F)F)c2c(F)c(F)c(F)c(F)c2C(F)(F)F)c1F.c1ccc(OCCOCCOCCOc2ccccc2[I+]c2ccccc2)cc1. The first kappa shape index (κ1) is 68.0. The predicted octanol–water partition coefficient (Wildman–Crippen LogP) is 10.7. The quantitative estimate of drug-likeness (QED) is 0.0227. The second-order valence-electron chi connectivity index (χ2n) is 17.1. The van der Waals surface area contributed by atoms with Gasteiger partial charge in [-0.05, 0) is 36.4 Å². The van der Waals surface area contributed by atoms with Gasteiger partial charge in [0.15, 0.2) is 79.1 Å². The first-order valence-corrected chi connectivity index (χ1v) is 25.3. The van der Waals surface area contributed by atoms with Crippen LogP contribution in [0.4, 0.5) is 123 Å². The van der Waals surface area contributed by atoms with Crippen LogP contribution in [0.15, 0.2) is 84.9 Å². The molecule has 0 atom stereocenters. The summed E-state index contributed by atoms with van der Waals surface area (Å²) in [5.74, 6) is -68.0. The molecule has 0 saturated carbocycles. The summed E-state index contributed by atoms with van der Waals surface area (Å²) in [6.07, 6.45) is -39.5. The lowest BCUT2D eigenvalue weighted by molar-refractivity contribution is -0.598. The van der Waals surface area contributed by atoms with Crippen LogP contribution in [0.5, 0.6) is 11.5 Å². The summed E-state index contributed by atoms with van der Waals surface area (Å²) in [5, 5.41) is 0. The topological polar surface area (TPSA) is 36.9 Å². The summed E-state index contributed by atoms with van der Waals surface area (Å²) >= 11 is -0.246. The van der Waals surface area contributed by atoms with E-state index in [0.29, 0.717) is 39.6 Å². The van der Waals surface area contributed by atoms with Gasteiger partial charge in [0.05, 0.1) is 48.7 Å². The summed E-state index contributed by atoms with van der Waals surface area (Å²) in [6, 6.07) is 28.6. The van der Waals surface area contributed by atoms with Crippen LogP contribution in [0.1, 0.15) is 22.3 Å². The fourth-order valence-electron chi connectivity index (χ4n) is 8.70. The van der Waals surface area contributed by atoms with Gasteiger partial charge >= 0.3 is 45.9 Å². The molecule has 0 unspecified atom stereocenters. The molecule has 0 heterocycles. The van der Waals surface area contributed by atoms with Gasteiger partial charge in [-0.2, -0.15) is 52.7 Å². The minimum absolute atomic E-state index is 0.246. The number of hydrogen-bond acceptors (Lipinski definition) is 4. The number of halogens is 29. The van der Waals surface area contributed by atoms with Gasteiger partial charge in [-0.1, -0.05) is 48.5 Å². The Labute approximate surface area is 473 Å². The second-order valence-corrected chi connectivity index (χ2v) is 20.0. The summed E-state index contributed by atoms with van der Waals surface area (Å²) in [4.78, 5) is 0. The maximum atomic E-state index is 16.0. The average Bonchev–Trinajstić information content (AvgIpc) is 0.672. The van der Waals surface area contributed by atoms with E-state index >= 15 is 35.1 Å². The van der Waals surface area contributed by atoms with Gasteiger partial charge in [-0.15, -0.1) is 21.9 Å². The van der Waals surface area contributed by atoms with Gasteiger partial charge in [-0.3, -0.25) is 0 Å². The van der Waals surface area contributed by atoms with E-state index in [1.54, 1.807) is 0 Å². The van der Waals surface area contributed by atoms with Crippen molar-refractivity contribution in [3.8, 4) is 11.5 Å². The molecule has 7 rings (SSSR count). The highest BCUT2D eigenvalue weighted by Gasteiger charge is 2.60. The third-order valence-corrected chi connectivity index (χ3v) is 14.8. The molecule has 7 aromatic rings. The van der Waals surface area contributed by atoms with Crippen molar-refractivity contribution < 1.29 is 163 Å². The Balaban J connectivity index is 0.000000340. The molecule has 0 aliphatic heterocycles. The van der Waals surface area contributed by atoms with Gasteiger partial charge in [0.2, 0.25) is 3.57 Å². The van der Waals surface area contributed by atoms with E-state index in [4.69, 9.17) is 18.9 Å². The Morgan fingerprint density at radius 2 is 0.558 bits per heavy atom. The normalized spacial score (nSPS) is 12.4. The fourth-order valence-corrected chi connectivity index (χ4v) is 11.1. The van der Waals surface area contributed by atoms with Gasteiger partial charge in [0.1, 0.15) is 48.4 Å². The van der Waals surface area contributed by atoms with E-state index < -0.39 is 168 Å². The Bertz CT molecular complexity index is 3280. The van der Waals surface area contributed by atoms with Crippen molar-refractivity contribution >= 4 is 28.0 Å². The molecule has 0 radical (unpaired) electrons. The minimum atomic E-state index is -8.89. The minimum Gasteiger partial charge on any atom is -0.491 e. The van der Waals surface area contributed by atoms with Crippen LogP contribution in [0, 0.1) is 100 Å². The van der Waals surface area contributed by atoms with Gasteiger partial charge in [0.25, 0.3) is 0 Å². The zero-order valence-electron chi connectivity index (χ0n) is 41.5. The number of alkyl halides is 12. The smallest absolute Gasteiger partial charge is 0.416 e. The van der Waals surface area contributed by atoms with Crippen LogP contribution in [0.3, 0.4) is 0 Å². The number of rotatable bonds is 17. The van der Waals surface area contributed by atoms with Crippen molar-refractivity contribution in [3.05, 3.63) is 207 Å². The maximum Gasteiger partial charge on any atom is 0.416 e. The Morgan fingerprint density at radius 1 is 0.291 bits per heavy atom. The van der Waals surface area contributed by atoms with Crippen LogP contribution in [-0.4, -0.2) is 45.8 Å². The molecule has 86 heavy (non-hydrogen) atoms. The van der Waals surface area contributed by atoms with Crippen LogP contribution < -0.4 is 52.5 Å². The number of hydrogen-bond donors (Lipinski definition) is 0. The third-order valence-electron chi connectivity index (χ3n) is 12.0. The van der Waals surface area contributed by atoms with E-state index in [1.807, 2.05) is 48.5 Å². The van der Waals surface area contributed by atoms with Crippen molar-refractivity contribution in [2.24, 2.45) is 0 Å². The van der Waals surface area contributed by atoms with Gasteiger partial charge in [0, 0.05) is 0 Å². The molecule has 0 bridgehead atoms. The predicted molar refractivity (Wildman–Crippen MR) is 239 cm³/mol. The summed E-state index contributed by atoms with van der Waals surface area (Å²) in [5.41, 5.74) is -38.1. The lowest BCUT2D eigenvalue weighted by atomic mass is 9.11. The molecular formula is C52H26BF28IO4. The molecule has 34 heteroatoms. The number of para-hydroxylation sites is 2. The standard InChI is InChI=1S/C28BF28.C24H26IO4/c30-9-1(25(46,47)48)5(13(34)21(42)17(9)38)29(6-2(26(49,50)51)10(31)18(39)22(43)14(6)35,7-3(27(52,53)54)11(32)19(40)23(44)15(7)36)8-4(28(55,56)57)12(33)20(41)24(45)16(8)37;1-3-9-21(10-4-1)25-23-13-7-8-14-24(23)29-20-18-27-16-15-26-17-19-28-22-11-5-2-6-12-22/h;1-14H,15-20H2/q-1;+1. The van der Waals surface area contributed by atoms with E-state index in [9.17, 15) is 87.8 Å². The van der Waals surface area contributed by atoms with Gasteiger partial charge < -0.3 is 18.9 Å². The molecule has 0 fully saturated rings. The maximum absolute atomic E-state index is 16.0. The molecular weight excluding hydrogens is 1360 g/mol. The van der Waals surface area contributed by atoms with Crippen molar-refractivity contribution in [2.75, 3.05) is 39.6 Å². The molecule has 0 saturated heterocycles. The van der Waals surface area contributed by atoms with E-state index in [-0.39, 0.29) is 21.2 Å². The van der Waals surface area contributed by atoms with E-state index in [1.165, 1.54) is 7.14 Å². The lowest BCUT2D eigenvalue weighted by Crippen LogP contribution is -3.61. The molecule has 0 aliphatic rings. The van der Waals surface area contributed by atoms with E-state index in [0.717, 1.165) is 11.5 Å². The van der Waals surface area contributed by atoms with E-state index in [2.05, 4.69) is 36.4 Å². The molecule has 7 aromatic carbocycles. The van der Waals surface area contributed by atoms with Gasteiger partial charge in [-0.25, -0.2) is 70.2 Å². The average molecular weight is 1380 g/mol. The Kier molecular flexibility index (Phi) is 20.9. The number of benzene rings is 7. The monoisotopic (exact) mass is 1380 g/mol. The second kappa shape index (κ2) is 26.5. The first-order valence-electron chi connectivity index (χ1n) is 23.1. The molecule has 0 aliphatic carbocycles. The summed E-state index contributed by atoms with van der Waals surface area (Å²) in [6.45, 7) is 3.26. The zero-order chi connectivity index (χ0) is 64.3. The van der Waals surface area contributed by atoms with Crippen LogP contribution in [0.25, 0.3) is 0 Å². The molecule has 0 amide bonds. The van der Waals surface area contributed by atoms with Crippen molar-refractivity contribution in [3.63, 3.8) is 0 Å². The third kappa shape index (κ3) is 13.5. The molecule has 464 valence electrons. The first-order chi connectivity index (χ1) is 40.0. The zero-order valence-corrected chi connectivity index (χ0v) is 43.7. The lowest BCUT2D eigenvalue weighted by Gasteiger charge is -2.49. The molecule has 4 nitrogen and oxygen atoms in total. The summed E-state index contributed by atoms with van der Waals surface area (Å²) < 4.78 is 443. The van der Waals surface area contributed by atoms with Crippen molar-refractivity contribution in [1.82, 2.24) is 0 Å². The van der Waals surface area contributed by atoms with Crippen LogP contribution >= 0.6 is 0 Å². The van der Waals surface area contributed by atoms with Crippen LogP contribution in [0.2, 0.25) is 0 Å². The highest BCUT2D eigenvalue weighted by molar-refractivity contribution is 7.20. The molecule has 0 spiro atoms. The Morgan fingerprint density at radius 3 is 0.884 bits per heavy atom. The van der Waals surface area contributed by atoms with Crippen molar-refractivity contribution in [2.45, 2.75) is 24.7 Å². The highest BCUT2D eigenvalue weighted by atomic mass is 127. The Hall–Kier alpha value is -7.11. The highest BCUT2D eigenvalue weighted by Crippen LogP contribution is 2.44. The molecule has 0 N–H and O–H groups in total. The van der Waals surface area contributed by atoms with Crippen LogP contribution in [-0.2, 0) is 34.2 Å².